The van der Waals surface area contributed by atoms with Gasteiger partial charge in [0.25, 0.3) is 0 Å². The van der Waals surface area contributed by atoms with E-state index >= 15 is 0 Å². The molecule has 0 aliphatic rings. The van der Waals surface area contributed by atoms with Gasteiger partial charge in [0, 0.05) is 13.2 Å². The summed E-state index contributed by atoms with van der Waals surface area (Å²) in [5.74, 6) is -3.11. The Morgan fingerprint density at radius 2 is 1.67 bits per heavy atom. The maximum Gasteiger partial charge on any atom is 0.303 e. The number of ether oxygens (including phenoxy) is 1. The van der Waals surface area contributed by atoms with E-state index < -0.39 is 23.8 Å². The van der Waals surface area contributed by atoms with E-state index in [0.29, 0.717) is 6.61 Å². The molecule has 6 heteroatoms. The SMILES string of the molecule is CCCCOC[C@@H](CC(=O)O)[C@@H](CO)CC(=O)O. The summed E-state index contributed by atoms with van der Waals surface area (Å²) < 4.78 is 5.33. The zero-order valence-corrected chi connectivity index (χ0v) is 10.7. The van der Waals surface area contributed by atoms with Crippen LogP contribution in [0, 0.1) is 11.8 Å². The van der Waals surface area contributed by atoms with Crippen LogP contribution in [0.4, 0.5) is 0 Å². The van der Waals surface area contributed by atoms with Crippen LogP contribution >= 0.6 is 0 Å². The van der Waals surface area contributed by atoms with Gasteiger partial charge >= 0.3 is 11.9 Å². The smallest absolute Gasteiger partial charge is 0.303 e. The normalized spacial score (nSPS) is 14.1. The van der Waals surface area contributed by atoms with Crippen molar-refractivity contribution in [3.63, 3.8) is 0 Å². The summed E-state index contributed by atoms with van der Waals surface area (Å²) in [5, 5.41) is 26.6. The molecule has 0 bridgehead atoms. The molecule has 0 aromatic rings. The molecule has 0 radical (unpaired) electrons. The number of hydrogen-bond donors (Lipinski definition) is 3. The minimum absolute atomic E-state index is 0.171. The van der Waals surface area contributed by atoms with Gasteiger partial charge in [0.05, 0.1) is 19.4 Å². The second-order valence-corrected chi connectivity index (χ2v) is 4.33. The van der Waals surface area contributed by atoms with Crippen LogP contribution in [0.5, 0.6) is 0 Å². The molecule has 106 valence electrons. The van der Waals surface area contributed by atoms with Crippen molar-refractivity contribution in [2.75, 3.05) is 19.8 Å². The lowest BCUT2D eigenvalue weighted by Crippen LogP contribution is -2.28. The minimum Gasteiger partial charge on any atom is -0.481 e. The Morgan fingerprint density at radius 1 is 1.11 bits per heavy atom. The average molecular weight is 262 g/mol. The van der Waals surface area contributed by atoms with Crippen LogP contribution in [0.2, 0.25) is 0 Å². The first kappa shape index (κ1) is 16.9. The summed E-state index contributed by atoms with van der Waals surface area (Å²) >= 11 is 0. The lowest BCUT2D eigenvalue weighted by molar-refractivity contribution is -0.143. The predicted molar refractivity (Wildman–Crippen MR) is 64.3 cm³/mol. The Balaban J connectivity index is 4.33. The maximum absolute atomic E-state index is 10.7. The van der Waals surface area contributed by atoms with Crippen molar-refractivity contribution < 1.29 is 29.6 Å². The van der Waals surface area contributed by atoms with Crippen molar-refractivity contribution in [3.8, 4) is 0 Å². The highest BCUT2D eigenvalue weighted by Gasteiger charge is 2.26. The molecule has 0 saturated heterocycles. The molecule has 0 fully saturated rings. The second-order valence-electron chi connectivity index (χ2n) is 4.33. The van der Waals surface area contributed by atoms with Gasteiger partial charge in [-0.25, -0.2) is 0 Å². The molecule has 0 aliphatic carbocycles. The molecular formula is C12H22O6. The molecule has 0 aromatic carbocycles. The zero-order valence-electron chi connectivity index (χ0n) is 10.7. The van der Waals surface area contributed by atoms with Crippen molar-refractivity contribution in [2.24, 2.45) is 11.8 Å². The van der Waals surface area contributed by atoms with Crippen LogP contribution in [0.1, 0.15) is 32.6 Å². The van der Waals surface area contributed by atoms with Crippen molar-refractivity contribution in [3.05, 3.63) is 0 Å². The first-order chi connectivity index (χ1) is 8.51. The Kier molecular flexibility index (Phi) is 9.22. The van der Waals surface area contributed by atoms with Gasteiger partial charge < -0.3 is 20.1 Å². The second kappa shape index (κ2) is 9.85. The highest BCUT2D eigenvalue weighted by molar-refractivity contribution is 5.68. The van der Waals surface area contributed by atoms with Gasteiger partial charge in [-0.15, -0.1) is 0 Å². The summed E-state index contributed by atoms with van der Waals surface area (Å²) in [5.41, 5.74) is 0. The maximum atomic E-state index is 10.7. The van der Waals surface area contributed by atoms with Crippen molar-refractivity contribution >= 4 is 11.9 Å². The van der Waals surface area contributed by atoms with E-state index in [2.05, 4.69) is 0 Å². The summed E-state index contributed by atoms with van der Waals surface area (Å²) in [7, 11) is 0. The highest BCUT2D eigenvalue weighted by atomic mass is 16.5. The third-order valence-corrected chi connectivity index (χ3v) is 2.75. The largest absolute Gasteiger partial charge is 0.481 e. The summed E-state index contributed by atoms with van der Waals surface area (Å²) in [6.07, 6.45) is 1.42. The van der Waals surface area contributed by atoms with E-state index in [-0.39, 0.29) is 26.1 Å². The number of aliphatic carboxylic acids is 2. The number of aliphatic hydroxyl groups is 1. The van der Waals surface area contributed by atoms with Gasteiger partial charge in [-0.05, 0) is 18.3 Å². The van der Waals surface area contributed by atoms with Gasteiger partial charge in [0.1, 0.15) is 0 Å². The van der Waals surface area contributed by atoms with Crippen LogP contribution in [-0.2, 0) is 14.3 Å². The first-order valence-electron chi connectivity index (χ1n) is 6.13. The molecule has 0 unspecified atom stereocenters. The number of carboxylic acid groups (broad SMARTS) is 2. The number of carbonyl (C=O) groups is 2. The predicted octanol–water partition coefficient (Wildman–Crippen LogP) is 0.977. The van der Waals surface area contributed by atoms with Crippen molar-refractivity contribution in [1.29, 1.82) is 0 Å². The van der Waals surface area contributed by atoms with E-state index in [1.807, 2.05) is 6.92 Å². The molecule has 6 nitrogen and oxygen atoms in total. The van der Waals surface area contributed by atoms with Gasteiger partial charge in [0.2, 0.25) is 0 Å². The number of aliphatic hydroxyl groups excluding tert-OH is 1. The molecule has 0 saturated carbocycles. The molecule has 3 N–H and O–H groups in total. The topological polar surface area (TPSA) is 104 Å². The monoisotopic (exact) mass is 262 g/mol. The van der Waals surface area contributed by atoms with Crippen LogP contribution in [0.3, 0.4) is 0 Å². The van der Waals surface area contributed by atoms with Gasteiger partial charge in [-0.2, -0.15) is 0 Å². The third kappa shape index (κ3) is 8.03. The first-order valence-corrected chi connectivity index (χ1v) is 6.13. The van der Waals surface area contributed by atoms with Crippen LogP contribution in [0.25, 0.3) is 0 Å². The third-order valence-electron chi connectivity index (χ3n) is 2.75. The molecule has 2 atom stereocenters. The number of rotatable bonds is 11. The Hall–Kier alpha value is -1.14. The zero-order chi connectivity index (χ0) is 14.0. The highest BCUT2D eigenvalue weighted by Crippen LogP contribution is 2.20. The van der Waals surface area contributed by atoms with Crippen molar-refractivity contribution in [2.45, 2.75) is 32.6 Å². The number of hydrogen-bond acceptors (Lipinski definition) is 4. The number of carboxylic acids is 2. The van der Waals surface area contributed by atoms with Crippen molar-refractivity contribution in [1.82, 2.24) is 0 Å². The standard InChI is InChI=1S/C12H22O6/c1-2-3-4-18-8-10(6-12(16)17)9(7-13)5-11(14)15/h9-10,13H,2-8H2,1H3,(H,14,15)(H,16,17)/t9-,10-/m1/s1. The van der Waals surface area contributed by atoms with Crippen LogP contribution in [0.15, 0.2) is 0 Å². The molecule has 0 amide bonds. The quantitative estimate of drug-likeness (QED) is 0.479. The number of unbranched alkanes of at least 4 members (excludes halogenated alkanes) is 1. The molecule has 0 heterocycles. The fourth-order valence-electron chi connectivity index (χ4n) is 1.67. The Morgan fingerprint density at radius 3 is 2.11 bits per heavy atom. The molecule has 0 aromatic heterocycles. The minimum atomic E-state index is -1.04. The van der Waals surface area contributed by atoms with E-state index in [0.717, 1.165) is 12.8 Å². The lowest BCUT2D eigenvalue weighted by Gasteiger charge is -2.22. The van der Waals surface area contributed by atoms with E-state index in [9.17, 15) is 9.59 Å². The summed E-state index contributed by atoms with van der Waals surface area (Å²) in [4.78, 5) is 21.4. The fourth-order valence-corrected chi connectivity index (χ4v) is 1.67. The Labute approximate surface area is 107 Å². The van der Waals surface area contributed by atoms with Gasteiger partial charge in [0.15, 0.2) is 0 Å². The fraction of sp³-hybridized carbons (Fsp3) is 0.833. The van der Waals surface area contributed by atoms with E-state index in [1.54, 1.807) is 0 Å². The molecule has 0 aliphatic heterocycles. The van der Waals surface area contributed by atoms with Gasteiger partial charge in [-0.1, -0.05) is 13.3 Å². The molecule has 0 spiro atoms. The molecule has 0 rings (SSSR count). The summed E-state index contributed by atoms with van der Waals surface area (Å²) in [6.45, 7) is 2.36. The van der Waals surface area contributed by atoms with Crippen LogP contribution < -0.4 is 0 Å². The lowest BCUT2D eigenvalue weighted by atomic mass is 9.88. The molecule has 18 heavy (non-hydrogen) atoms. The average Bonchev–Trinajstić information content (AvgIpc) is 2.29. The molecular weight excluding hydrogens is 240 g/mol. The van der Waals surface area contributed by atoms with Gasteiger partial charge in [-0.3, -0.25) is 9.59 Å². The Bertz CT molecular complexity index is 253. The van der Waals surface area contributed by atoms with Crippen LogP contribution in [-0.4, -0.2) is 47.1 Å². The van der Waals surface area contributed by atoms with E-state index in [4.69, 9.17) is 20.1 Å². The van der Waals surface area contributed by atoms with E-state index in [1.165, 1.54) is 0 Å². The summed E-state index contributed by atoms with van der Waals surface area (Å²) in [6, 6.07) is 0.